The molecule has 0 spiro atoms. The highest BCUT2D eigenvalue weighted by Gasteiger charge is 1.99. The van der Waals surface area contributed by atoms with Crippen LogP contribution in [-0.4, -0.2) is 18.1 Å². The summed E-state index contributed by atoms with van der Waals surface area (Å²) in [6.07, 6.45) is 2.61. The molecular formula is C10H11NO3. The predicted octanol–water partition coefficient (Wildman–Crippen LogP) is 0.899. The van der Waals surface area contributed by atoms with Crippen molar-refractivity contribution in [3.05, 3.63) is 29.8 Å². The summed E-state index contributed by atoms with van der Waals surface area (Å²) in [7, 11) is 1.52. The van der Waals surface area contributed by atoms with Crippen molar-refractivity contribution >= 4 is 12.0 Å². The van der Waals surface area contributed by atoms with Gasteiger partial charge in [-0.15, -0.1) is 0 Å². The summed E-state index contributed by atoms with van der Waals surface area (Å²) in [6, 6.07) is 4.71. The molecule has 0 heterocycles. The molecule has 74 valence electrons. The fraction of sp³-hybridized carbons (Fsp3) is 0.100. The van der Waals surface area contributed by atoms with Crippen molar-refractivity contribution in [2.24, 2.45) is 5.73 Å². The maximum absolute atomic E-state index is 10.5. The Morgan fingerprint density at radius 2 is 2.29 bits per heavy atom. The van der Waals surface area contributed by atoms with E-state index in [1.54, 1.807) is 12.1 Å². The van der Waals surface area contributed by atoms with Gasteiger partial charge in [0.1, 0.15) is 11.5 Å². The molecule has 0 aromatic heterocycles. The molecular weight excluding hydrogens is 182 g/mol. The Labute approximate surface area is 81.6 Å². The number of aromatic hydroxyl groups is 1. The molecule has 0 aliphatic heterocycles. The number of methoxy groups -OCH3 is 1. The fourth-order valence-electron chi connectivity index (χ4n) is 0.965. The number of carbonyl (C=O) groups excluding carboxylic acids is 1. The van der Waals surface area contributed by atoms with Crippen LogP contribution in [0.1, 0.15) is 5.56 Å². The molecule has 0 saturated heterocycles. The summed E-state index contributed by atoms with van der Waals surface area (Å²) >= 11 is 0. The highest BCUT2D eigenvalue weighted by atomic mass is 16.5. The summed E-state index contributed by atoms with van der Waals surface area (Å²) < 4.78 is 4.96. The minimum Gasteiger partial charge on any atom is -0.507 e. The third-order valence-electron chi connectivity index (χ3n) is 1.66. The lowest BCUT2D eigenvalue weighted by Crippen LogP contribution is -2.05. The van der Waals surface area contributed by atoms with Crippen LogP contribution in [0, 0.1) is 0 Å². The van der Waals surface area contributed by atoms with Crippen LogP contribution in [0.15, 0.2) is 24.3 Å². The summed E-state index contributed by atoms with van der Waals surface area (Å²) in [4.78, 5) is 10.5. The molecule has 0 saturated carbocycles. The molecule has 3 N–H and O–H groups in total. The Morgan fingerprint density at radius 3 is 2.86 bits per heavy atom. The van der Waals surface area contributed by atoms with Gasteiger partial charge in [-0.05, 0) is 24.3 Å². The second-order valence-corrected chi connectivity index (χ2v) is 2.66. The van der Waals surface area contributed by atoms with Gasteiger partial charge >= 0.3 is 0 Å². The average Bonchev–Trinajstić information content (AvgIpc) is 2.16. The number of nitrogens with two attached hydrogens (primary N) is 1. The molecule has 0 aliphatic carbocycles. The first-order valence-corrected chi connectivity index (χ1v) is 3.98. The Hall–Kier alpha value is -1.97. The summed E-state index contributed by atoms with van der Waals surface area (Å²) in [5, 5.41) is 9.38. The molecule has 0 atom stereocenters. The van der Waals surface area contributed by atoms with Crippen LogP contribution in [0.5, 0.6) is 11.5 Å². The van der Waals surface area contributed by atoms with E-state index in [1.165, 1.54) is 25.3 Å². The minimum atomic E-state index is -0.563. The van der Waals surface area contributed by atoms with Gasteiger partial charge in [0.25, 0.3) is 0 Å². The van der Waals surface area contributed by atoms with Gasteiger partial charge in [-0.25, -0.2) is 0 Å². The van der Waals surface area contributed by atoms with Crippen LogP contribution >= 0.6 is 0 Å². The van der Waals surface area contributed by atoms with Crippen LogP contribution in [0.2, 0.25) is 0 Å². The number of primary amides is 1. The van der Waals surface area contributed by atoms with Crippen LogP contribution < -0.4 is 10.5 Å². The second-order valence-electron chi connectivity index (χ2n) is 2.66. The number of hydrogen-bond donors (Lipinski definition) is 2. The highest BCUT2D eigenvalue weighted by Crippen LogP contribution is 2.23. The van der Waals surface area contributed by atoms with Crippen molar-refractivity contribution in [3.63, 3.8) is 0 Å². The standard InChI is InChI=1S/C10H11NO3/c1-14-8-3-4-9(12)7(6-8)2-5-10(11)13/h2-6,12H,1H3,(H2,11,13). The van der Waals surface area contributed by atoms with Gasteiger partial charge in [-0.1, -0.05) is 0 Å². The average molecular weight is 193 g/mol. The number of phenols is 1. The molecule has 14 heavy (non-hydrogen) atoms. The van der Waals surface area contributed by atoms with Crippen molar-refractivity contribution in [2.75, 3.05) is 7.11 Å². The van der Waals surface area contributed by atoms with Gasteiger partial charge in [-0.3, -0.25) is 4.79 Å². The lowest BCUT2D eigenvalue weighted by Gasteiger charge is -2.02. The number of hydrogen-bond acceptors (Lipinski definition) is 3. The number of benzene rings is 1. The summed E-state index contributed by atoms with van der Waals surface area (Å²) in [5.41, 5.74) is 5.41. The maximum Gasteiger partial charge on any atom is 0.241 e. The first-order valence-electron chi connectivity index (χ1n) is 3.98. The first kappa shape index (κ1) is 10.1. The summed E-state index contributed by atoms with van der Waals surface area (Å²) in [6.45, 7) is 0. The van der Waals surface area contributed by atoms with Crippen LogP contribution in [-0.2, 0) is 4.79 Å². The lowest BCUT2D eigenvalue weighted by atomic mass is 10.1. The summed E-state index contributed by atoms with van der Waals surface area (Å²) in [5.74, 6) is 0.113. The topological polar surface area (TPSA) is 72.6 Å². The van der Waals surface area contributed by atoms with Gasteiger partial charge < -0.3 is 15.6 Å². The van der Waals surface area contributed by atoms with Gasteiger partial charge in [0.15, 0.2) is 0 Å². The normalized spacial score (nSPS) is 10.4. The molecule has 0 fully saturated rings. The molecule has 1 aromatic rings. The molecule has 0 unspecified atom stereocenters. The Bertz CT molecular complexity index is 372. The van der Waals surface area contributed by atoms with E-state index in [2.05, 4.69) is 0 Å². The Balaban J connectivity index is 3.00. The molecule has 1 aromatic carbocycles. The van der Waals surface area contributed by atoms with E-state index in [0.29, 0.717) is 11.3 Å². The zero-order chi connectivity index (χ0) is 10.6. The second kappa shape index (κ2) is 4.32. The number of phenolic OH excluding ortho intramolecular Hbond substituents is 1. The number of carbonyl (C=O) groups is 1. The Kier molecular flexibility index (Phi) is 3.12. The van der Waals surface area contributed by atoms with E-state index in [1.807, 2.05) is 0 Å². The van der Waals surface area contributed by atoms with Crippen LogP contribution in [0.4, 0.5) is 0 Å². The molecule has 4 nitrogen and oxygen atoms in total. The quantitative estimate of drug-likeness (QED) is 0.700. The van der Waals surface area contributed by atoms with E-state index in [-0.39, 0.29) is 5.75 Å². The van der Waals surface area contributed by atoms with E-state index in [4.69, 9.17) is 10.5 Å². The number of rotatable bonds is 3. The first-order chi connectivity index (χ1) is 6.63. The van der Waals surface area contributed by atoms with Gasteiger partial charge in [0.05, 0.1) is 7.11 Å². The fourth-order valence-corrected chi connectivity index (χ4v) is 0.965. The van der Waals surface area contributed by atoms with Gasteiger partial charge in [0, 0.05) is 11.6 Å². The molecule has 0 radical (unpaired) electrons. The number of ether oxygens (including phenoxy) is 1. The van der Waals surface area contributed by atoms with Crippen molar-refractivity contribution in [1.82, 2.24) is 0 Å². The van der Waals surface area contributed by atoms with Crippen molar-refractivity contribution in [2.45, 2.75) is 0 Å². The molecule has 1 amide bonds. The van der Waals surface area contributed by atoms with E-state index in [9.17, 15) is 9.90 Å². The van der Waals surface area contributed by atoms with E-state index in [0.717, 1.165) is 0 Å². The SMILES string of the molecule is COc1ccc(O)c(C=CC(N)=O)c1. The number of amides is 1. The van der Waals surface area contributed by atoms with E-state index < -0.39 is 5.91 Å². The van der Waals surface area contributed by atoms with Crippen LogP contribution in [0.25, 0.3) is 6.08 Å². The monoisotopic (exact) mass is 193 g/mol. The lowest BCUT2D eigenvalue weighted by molar-refractivity contribution is -0.113. The van der Waals surface area contributed by atoms with Gasteiger partial charge in [0.2, 0.25) is 5.91 Å². The van der Waals surface area contributed by atoms with Crippen molar-refractivity contribution in [1.29, 1.82) is 0 Å². The van der Waals surface area contributed by atoms with Crippen molar-refractivity contribution in [3.8, 4) is 11.5 Å². The Morgan fingerprint density at radius 1 is 1.57 bits per heavy atom. The molecule has 4 heteroatoms. The van der Waals surface area contributed by atoms with Crippen molar-refractivity contribution < 1.29 is 14.6 Å². The third-order valence-corrected chi connectivity index (χ3v) is 1.66. The molecule has 1 rings (SSSR count). The zero-order valence-corrected chi connectivity index (χ0v) is 7.73. The zero-order valence-electron chi connectivity index (χ0n) is 7.73. The highest BCUT2D eigenvalue weighted by molar-refractivity contribution is 5.90. The molecule has 0 aliphatic rings. The predicted molar refractivity (Wildman–Crippen MR) is 52.9 cm³/mol. The van der Waals surface area contributed by atoms with E-state index >= 15 is 0 Å². The minimum absolute atomic E-state index is 0.0725. The van der Waals surface area contributed by atoms with Gasteiger partial charge in [-0.2, -0.15) is 0 Å². The smallest absolute Gasteiger partial charge is 0.241 e. The molecule has 0 bridgehead atoms. The maximum atomic E-state index is 10.5. The van der Waals surface area contributed by atoms with Crippen LogP contribution in [0.3, 0.4) is 0 Å². The largest absolute Gasteiger partial charge is 0.507 e. The third kappa shape index (κ3) is 2.52.